The molecule has 1 aromatic heterocycles. The van der Waals surface area contributed by atoms with Crippen LogP contribution in [0.5, 0.6) is 0 Å². The second-order valence-corrected chi connectivity index (χ2v) is 10.3. The van der Waals surface area contributed by atoms with E-state index >= 15 is 0 Å². The van der Waals surface area contributed by atoms with Crippen LogP contribution in [-0.4, -0.2) is 67.2 Å². The number of fused-ring (bicyclic) bond motifs is 2. The zero-order chi connectivity index (χ0) is 23.0. The zero-order valence-electron chi connectivity index (χ0n) is 19.6. The number of carbonyl (C=O) groups excluding carboxylic acids is 2. The minimum absolute atomic E-state index is 0.0369. The molecule has 1 spiro atoms. The number of rotatable bonds is 3. The molecule has 0 aliphatic carbocycles. The van der Waals surface area contributed by atoms with Crippen molar-refractivity contribution in [3.05, 3.63) is 40.6 Å². The van der Waals surface area contributed by atoms with Crippen LogP contribution in [0.3, 0.4) is 0 Å². The smallest absolute Gasteiger partial charge is 0.409 e. The summed E-state index contributed by atoms with van der Waals surface area (Å²) in [6.45, 7) is 8.39. The highest BCUT2D eigenvalue weighted by molar-refractivity contribution is 7.08. The van der Waals surface area contributed by atoms with Gasteiger partial charge < -0.3 is 19.4 Å². The maximum Gasteiger partial charge on any atom is 0.409 e. The van der Waals surface area contributed by atoms with E-state index in [0.717, 1.165) is 64.1 Å². The van der Waals surface area contributed by atoms with Crippen molar-refractivity contribution in [2.75, 3.05) is 44.2 Å². The van der Waals surface area contributed by atoms with Crippen molar-refractivity contribution in [3.63, 3.8) is 0 Å². The highest BCUT2D eigenvalue weighted by atomic mass is 32.1. The maximum absolute atomic E-state index is 12.7. The first-order valence-corrected chi connectivity index (χ1v) is 13.1. The lowest BCUT2D eigenvalue weighted by molar-refractivity contribution is -0.116. The summed E-state index contributed by atoms with van der Waals surface area (Å²) in [6.07, 6.45) is 3.96. The summed E-state index contributed by atoms with van der Waals surface area (Å²) in [5, 5.41) is 4.27. The fourth-order valence-corrected chi connectivity index (χ4v) is 6.68. The van der Waals surface area contributed by atoms with Gasteiger partial charge in [-0.05, 0) is 73.6 Å². The molecule has 6 nitrogen and oxygen atoms in total. The van der Waals surface area contributed by atoms with E-state index in [0.29, 0.717) is 12.6 Å². The third kappa shape index (κ3) is 4.06. The molecule has 0 bridgehead atoms. The number of hydrogen-bond donors (Lipinski definition) is 0. The minimum Gasteiger partial charge on any atom is -0.450 e. The third-order valence-electron chi connectivity index (χ3n) is 7.81. The van der Waals surface area contributed by atoms with E-state index in [1.54, 1.807) is 18.3 Å². The first kappa shape index (κ1) is 22.4. The molecule has 0 unspecified atom stereocenters. The average Bonchev–Trinajstić information content (AvgIpc) is 3.48. The molecule has 176 valence electrons. The van der Waals surface area contributed by atoms with Gasteiger partial charge in [0.05, 0.1) is 12.3 Å². The van der Waals surface area contributed by atoms with E-state index in [9.17, 15) is 9.59 Å². The number of carbonyl (C=O) groups is 2. The van der Waals surface area contributed by atoms with E-state index in [1.807, 2.05) is 16.7 Å². The van der Waals surface area contributed by atoms with Crippen molar-refractivity contribution in [3.8, 4) is 11.1 Å². The van der Waals surface area contributed by atoms with Crippen LogP contribution in [0.25, 0.3) is 11.1 Å². The summed E-state index contributed by atoms with van der Waals surface area (Å²) in [5.74, 6) is 0.129. The number of nitrogens with zero attached hydrogens (tertiary/aromatic N) is 3. The maximum atomic E-state index is 12.7. The largest absolute Gasteiger partial charge is 0.450 e. The van der Waals surface area contributed by atoms with Gasteiger partial charge in [0.2, 0.25) is 5.91 Å². The van der Waals surface area contributed by atoms with Gasteiger partial charge in [-0.1, -0.05) is 18.2 Å². The molecule has 0 N–H and O–H groups in total. The summed E-state index contributed by atoms with van der Waals surface area (Å²) >= 11 is 1.69. The molecular formula is C26H33N3O3S. The third-order valence-corrected chi connectivity index (χ3v) is 8.50. The quantitative estimate of drug-likeness (QED) is 0.655. The number of anilines is 1. The van der Waals surface area contributed by atoms with Gasteiger partial charge in [-0.25, -0.2) is 4.79 Å². The second kappa shape index (κ2) is 9.11. The van der Waals surface area contributed by atoms with Gasteiger partial charge in [-0.15, -0.1) is 0 Å². The molecule has 0 saturated carbocycles. The Labute approximate surface area is 200 Å². The summed E-state index contributed by atoms with van der Waals surface area (Å²) in [7, 11) is 0. The van der Waals surface area contributed by atoms with Crippen LogP contribution in [0.1, 0.15) is 45.1 Å². The summed E-state index contributed by atoms with van der Waals surface area (Å²) in [5.41, 5.74) is 4.88. The Balaban J connectivity index is 1.31. The molecule has 3 aliphatic heterocycles. The number of ether oxygens (including phenoxy) is 1. The highest BCUT2D eigenvalue weighted by Crippen LogP contribution is 2.51. The van der Waals surface area contributed by atoms with Crippen molar-refractivity contribution in [1.82, 2.24) is 9.80 Å². The summed E-state index contributed by atoms with van der Waals surface area (Å²) in [6, 6.07) is 9.24. The molecule has 0 atom stereocenters. The number of piperidine rings is 2. The lowest BCUT2D eigenvalue weighted by atomic mass is 9.73. The van der Waals surface area contributed by atoms with Crippen molar-refractivity contribution in [1.29, 1.82) is 0 Å². The SMILES string of the molecule is CCOC(=O)N1CCC(N2CCC3(CC2)CN(C(C)=O)c2c(-c4ccsc4)cccc23)CC1. The number of amides is 2. The van der Waals surface area contributed by atoms with Crippen LogP contribution in [0.4, 0.5) is 10.5 Å². The van der Waals surface area contributed by atoms with Crippen molar-refractivity contribution < 1.29 is 14.3 Å². The number of para-hydroxylation sites is 1. The lowest BCUT2D eigenvalue weighted by Gasteiger charge is -2.45. The number of hydrogen-bond acceptors (Lipinski definition) is 5. The fraction of sp³-hybridized carbons (Fsp3) is 0.538. The van der Waals surface area contributed by atoms with Gasteiger partial charge in [-0.3, -0.25) is 4.79 Å². The van der Waals surface area contributed by atoms with Gasteiger partial charge in [0.1, 0.15) is 0 Å². The van der Waals surface area contributed by atoms with Crippen molar-refractivity contribution in [2.45, 2.75) is 51.0 Å². The molecule has 5 rings (SSSR count). The molecule has 0 radical (unpaired) electrons. The predicted molar refractivity (Wildman–Crippen MR) is 132 cm³/mol. The Hall–Kier alpha value is -2.38. The van der Waals surface area contributed by atoms with Gasteiger partial charge in [0.15, 0.2) is 0 Å². The average molecular weight is 468 g/mol. The van der Waals surface area contributed by atoms with Crippen LogP contribution in [0.2, 0.25) is 0 Å². The molecule has 1 aromatic carbocycles. The minimum atomic E-state index is -0.179. The molecule has 2 amide bonds. The van der Waals surface area contributed by atoms with E-state index < -0.39 is 0 Å². The van der Waals surface area contributed by atoms with Gasteiger partial charge in [0.25, 0.3) is 0 Å². The van der Waals surface area contributed by atoms with Gasteiger partial charge >= 0.3 is 6.09 Å². The second-order valence-electron chi connectivity index (χ2n) is 9.55. The Morgan fingerprint density at radius 3 is 2.52 bits per heavy atom. The Bertz CT molecular complexity index is 1010. The zero-order valence-corrected chi connectivity index (χ0v) is 20.4. The van der Waals surface area contributed by atoms with E-state index in [2.05, 4.69) is 39.9 Å². The van der Waals surface area contributed by atoms with Crippen LogP contribution < -0.4 is 4.90 Å². The molecule has 2 saturated heterocycles. The summed E-state index contributed by atoms with van der Waals surface area (Å²) < 4.78 is 5.17. The highest BCUT2D eigenvalue weighted by Gasteiger charge is 2.47. The molecule has 2 fully saturated rings. The van der Waals surface area contributed by atoms with Gasteiger partial charge in [0, 0.05) is 43.6 Å². The molecule has 3 aliphatic rings. The topological polar surface area (TPSA) is 53.1 Å². The van der Waals surface area contributed by atoms with Crippen LogP contribution in [-0.2, 0) is 14.9 Å². The Morgan fingerprint density at radius 1 is 1.12 bits per heavy atom. The Morgan fingerprint density at radius 2 is 1.88 bits per heavy atom. The fourth-order valence-electron chi connectivity index (χ4n) is 6.02. The normalized spacial score (nSPS) is 20.8. The number of benzene rings is 1. The molecule has 7 heteroatoms. The van der Waals surface area contributed by atoms with Crippen LogP contribution in [0.15, 0.2) is 35.0 Å². The van der Waals surface area contributed by atoms with Gasteiger partial charge in [-0.2, -0.15) is 11.3 Å². The van der Waals surface area contributed by atoms with E-state index in [4.69, 9.17) is 4.74 Å². The molecule has 33 heavy (non-hydrogen) atoms. The van der Waals surface area contributed by atoms with Crippen LogP contribution >= 0.6 is 11.3 Å². The Kier molecular flexibility index (Phi) is 6.18. The molecular weight excluding hydrogens is 434 g/mol. The standard InChI is InChI=1S/C26H33N3O3S/c1-3-32-25(31)28-12-7-21(8-13-28)27-14-10-26(11-15-27)18-29(19(2)30)24-22(5-4-6-23(24)26)20-9-16-33-17-20/h4-6,9,16-17,21H,3,7-8,10-15,18H2,1-2H3. The van der Waals surface area contributed by atoms with Crippen molar-refractivity contribution in [2.24, 2.45) is 0 Å². The van der Waals surface area contributed by atoms with Crippen LogP contribution in [0, 0.1) is 0 Å². The predicted octanol–water partition coefficient (Wildman–Crippen LogP) is 4.74. The summed E-state index contributed by atoms with van der Waals surface area (Å²) in [4.78, 5) is 31.2. The number of thiophene rings is 1. The van der Waals surface area contributed by atoms with E-state index in [-0.39, 0.29) is 17.4 Å². The first-order chi connectivity index (χ1) is 16.0. The molecule has 4 heterocycles. The van der Waals surface area contributed by atoms with Crippen molar-refractivity contribution >= 4 is 29.0 Å². The molecule has 2 aromatic rings. The lowest BCUT2D eigenvalue weighted by Crippen LogP contribution is -2.52. The monoisotopic (exact) mass is 467 g/mol. The first-order valence-electron chi connectivity index (χ1n) is 12.1. The van der Waals surface area contributed by atoms with E-state index in [1.165, 1.54) is 16.7 Å². The number of likely N-dealkylation sites (tertiary alicyclic amines) is 2.